The Morgan fingerprint density at radius 2 is 2.12 bits per heavy atom. The highest BCUT2D eigenvalue weighted by Gasteiger charge is 2.32. The lowest BCUT2D eigenvalue weighted by Gasteiger charge is -2.18. The second-order valence-electron chi connectivity index (χ2n) is 3.97. The maximum Gasteiger partial charge on any atom is 0.283 e. The fraction of sp³-hybridized carbons (Fsp3) is 0.417. The highest BCUT2D eigenvalue weighted by molar-refractivity contribution is 5.74. The minimum atomic E-state index is -0.366. The van der Waals surface area contributed by atoms with E-state index in [2.05, 4.69) is 4.99 Å². The van der Waals surface area contributed by atoms with Crippen LogP contribution in [0.1, 0.15) is 19.4 Å². The van der Waals surface area contributed by atoms with Gasteiger partial charge in [-0.25, -0.2) is 4.99 Å². The summed E-state index contributed by atoms with van der Waals surface area (Å²) >= 11 is 0. The maximum atomic E-state index is 5.53. The van der Waals surface area contributed by atoms with Crippen molar-refractivity contribution in [1.29, 1.82) is 0 Å². The van der Waals surface area contributed by atoms with Gasteiger partial charge in [0.15, 0.2) is 0 Å². The van der Waals surface area contributed by atoms with Gasteiger partial charge in [0.05, 0.1) is 6.61 Å². The number of nitrogens with two attached hydrogens (primary N) is 1. The Morgan fingerprint density at radius 1 is 1.44 bits per heavy atom. The van der Waals surface area contributed by atoms with Gasteiger partial charge in [0.25, 0.3) is 6.02 Å². The van der Waals surface area contributed by atoms with Crippen LogP contribution in [0.25, 0.3) is 0 Å². The number of nitrogens with zero attached hydrogens (tertiary/aromatic N) is 1. The molecule has 0 aromatic heterocycles. The molecular weight excluding hydrogens is 204 g/mol. The Bertz CT molecular complexity index is 400. The third-order valence-electron chi connectivity index (χ3n) is 2.65. The van der Waals surface area contributed by atoms with Crippen molar-refractivity contribution in [3.8, 4) is 5.75 Å². The van der Waals surface area contributed by atoms with Gasteiger partial charge in [-0.3, -0.25) is 0 Å². The van der Waals surface area contributed by atoms with Crippen LogP contribution in [-0.4, -0.2) is 19.2 Å². The Balaban J connectivity index is 2.22. The maximum absolute atomic E-state index is 5.53. The molecular formula is C12H16N2O2. The molecule has 0 radical (unpaired) electrons. The summed E-state index contributed by atoms with van der Waals surface area (Å²) in [4.78, 5) is 4.30. The fourth-order valence-corrected chi connectivity index (χ4v) is 1.75. The minimum absolute atomic E-state index is 0.261. The van der Waals surface area contributed by atoms with E-state index in [9.17, 15) is 0 Å². The zero-order valence-electron chi connectivity index (χ0n) is 9.56. The highest BCUT2D eigenvalue weighted by Crippen LogP contribution is 2.30. The summed E-state index contributed by atoms with van der Waals surface area (Å²) < 4.78 is 10.6. The summed E-state index contributed by atoms with van der Waals surface area (Å²) in [5, 5.41) is 0. The number of aliphatic imine (C=N–C) groups is 1. The summed E-state index contributed by atoms with van der Waals surface area (Å²) in [5.74, 6) is 0.866. The molecule has 1 aromatic rings. The van der Waals surface area contributed by atoms with Crippen LogP contribution in [0.3, 0.4) is 0 Å². The van der Waals surface area contributed by atoms with Crippen LogP contribution < -0.4 is 10.5 Å². The Labute approximate surface area is 95.1 Å². The topological polar surface area (TPSA) is 56.8 Å². The van der Waals surface area contributed by atoms with Crippen molar-refractivity contribution in [1.82, 2.24) is 0 Å². The van der Waals surface area contributed by atoms with Crippen molar-refractivity contribution in [2.75, 3.05) is 13.2 Å². The quantitative estimate of drug-likeness (QED) is 0.842. The number of hydrogen-bond acceptors (Lipinski definition) is 4. The van der Waals surface area contributed by atoms with E-state index in [1.54, 1.807) is 0 Å². The van der Waals surface area contributed by atoms with Gasteiger partial charge in [-0.15, -0.1) is 0 Å². The standard InChI is InChI=1S/C12H16N2O2/c1-3-15-10-6-4-9(5-7-10)12(2)8-16-11(13)14-12/h4-7H,3,8H2,1-2H3,(H2,13,14). The minimum Gasteiger partial charge on any atom is -0.494 e. The molecule has 1 atom stereocenters. The first-order valence-corrected chi connectivity index (χ1v) is 5.35. The molecule has 1 aliphatic heterocycles. The first kappa shape index (κ1) is 10.8. The molecule has 1 aromatic carbocycles. The van der Waals surface area contributed by atoms with Gasteiger partial charge in [0.2, 0.25) is 0 Å². The first-order valence-electron chi connectivity index (χ1n) is 5.35. The lowest BCUT2D eigenvalue weighted by molar-refractivity contribution is 0.266. The van der Waals surface area contributed by atoms with E-state index < -0.39 is 0 Å². The van der Waals surface area contributed by atoms with Crippen molar-refractivity contribution in [2.45, 2.75) is 19.4 Å². The average molecular weight is 220 g/mol. The first-order chi connectivity index (χ1) is 7.64. The number of ether oxygens (including phenoxy) is 2. The van der Waals surface area contributed by atoms with Crippen molar-refractivity contribution in [3.63, 3.8) is 0 Å². The zero-order chi connectivity index (χ0) is 11.6. The van der Waals surface area contributed by atoms with Crippen LogP contribution in [-0.2, 0) is 10.3 Å². The predicted octanol–water partition coefficient (Wildman–Crippen LogP) is 1.65. The van der Waals surface area contributed by atoms with Gasteiger partial charge in [-0.1, -0.05) is 12.1 Å². The fourth-order valence-electron chi connectivity index (χ4n) is 1.75. The molecule has 1 aliphatic rings. The number of amidine groups is 1. The summed E-state index contributed by atoms with van der Waals surface area (Å²) in [6, 6.07) is 8.13. The van der Waals surface area contributed by atoms with E-state index in [0.29, 0.717) is 13.2 Å². The molecule has 2 N–H and O–H groups in total. The molecule has 0 fully saturated rings. The average Bonchev–Trinajstić information content (AvgIpc) is 2.61. The molecule has 0 saturated heterocycles. The normalized spacial score (nSPS) is 23.8. The SMILES string of the molecule is CCOc1ccc(C2(C)COC(N)=N2)cc1. The summed E-state index contributed by atoms with van der Waals surface area (Å²) in [6.07, 6.45) is 0. The molecule has 1 unspecified atom stereocenters. The molecule has 1 heterocycles. The third-order valence-corrected chi connectivity index (χ3v) is 2.65. The van der Waals surface area contributed by atoms with E-state index >= 15 is 0 Å². The Kier molecular flexibility index (Phi) is 2.73. The van der Waals surface area contributed by atoms with Crippen LogP contribution in [0, 0.1) is 0 Å². The Morgan fingerprint density at radius 3 is 2.62 bits per heavy atom. The van der Waals surface area contributed by atoms with Gasteiger partial charge < -0.3 is 15.2 Å². The molecule has 16 heavy (non-hydrogen) atoms. The van der Waals surface area contributed by atoms with Gasteiger partial charge >= 0.3 is 0 Å². The van der Waals surface area contributed by atoms with E-state index in [4.69, 9.17) is 15.2 Å². The lowest BCUT2D eigenvalue weighted by Crippen LogP contribution is -2.20. The lowest BCUT2D eigenvalue weighted by atomic mass is 9.94. The van der Waals surface area contributed by atoms with Crippen molar-refractivity contribution in [2.24, 2.45) is 10.7 Å². The van der Waals surface area contributed by atoms with Crippen LogP contribution >= 0.6 is 0 Å². The molecule has 4 heteroatoms. The van der Waals surface area contributed by atoms with Crippen molar-refractivity contribution < 1.29 is 9.47 Å². The molecule has 86 valence electrons. The molecule has 0 bridgehead atoms. The summed E-state index contributed by atoms with van der Waals surface area (Å²) in [7, 11) is 0. The van der Waals surface area contributed by atoms with Gasteiger partial charge in [-0.2, -0.15) is 0 Å². The van der Waals surface area contributed by atoms with Crippen LogP contribution in [0.4, 0.5) is 0 Å². The molecule has 2 rings (SSSR count). The smallest absolute Gasteiger partial charge is 0.283 e. The Hall–Kier alpha value is -1.71. The van der Waals surface area contributed by atoms with Gasteiger partial charge in [-0.05, 0) is 31.5 Å². The molecule has 0 amide bonds. The second-order valence-corrected chi connectivity index (χ2v) is 3.97. The summed E-state index contributed by atoms with van der Waals surface area (Å²) in [5.41, 5.74) is 6.24. The number of benzene rings is 1. The number of hydrogen-bond donors (Lipinski definition) is 1. The summed E-state index contributed by atoms with van der Waals surface area (Å²) in [6.45, 7) is 5.13. The van der Waals surface area contributed by atoms with Crippen molar-refractivity contribution in [3.05, 3.63) is 29.8 Å². The van der Waals surface area contributed by atoms with Crippen LogP contribution in [0.15, 0.2) is 29.3 Å². The van der Waals surface area contributed by atoms with Crippen molar-refractivity contribution >= 4 is 6.02 Å². The molecule has 0 spiro atoms. The van der Waals surface area contributed by atoms with Crippen LogP contribution in [0.2, 0.25) is 0 Å². The van der Waals surface area contributed by atoms with E-state index in [-0.39, 0.29) is 11.6 Å². The van der Waals surface area contributed by atoms with Gasteiger partial charge in [0, 0.05) is 0 Å². The largest absolute Gasteiger partial charge is 0.494 e. The highest BCUT2D eigenvalue weighted by atomic mass is 16.5. The van der Waals surface area contributed by atoms with Gasteiger partial charge in [0.1, 0.15) is 17.9 Å². The zero-order valence-corrected chi connectivity index (χ0v) is 9.56. The molecule has 4 nitrogen and oxygen atoms in total. The second kappa shape index (κ2) is 4.04. The number of rotatable bonds is 3. The monoisotopic (exact) mass is 220 g/mol. The molecule has 0 saturated carbocycles. The van der Waals surface area contributed by atoms with E-state index in [1.165, 1.54) is 0 Å². The van der Waals surface area contributed by atoms with Crippen LogP contribution in [0.5, 0.6) is 5.75 Å². The van der Waals surface area contributed by atoms with E-state index in [1.807, 2.05) is 38.1 Å². The molecule has 0 aliphatic carbocycles. The van der Waals surface area contributed by atoms with E-state index in [0.717, 1.165) is 11.3 Å². The predicted molar refractivity (Wildman–Crippen MR) is 62.5 cm³/mol. The third kappa shape index (κ3) is 1.96.